The first kappa shape index (κ1) is 29.8. The van der Waals surface area contributed by atoms with E-state index < -0.39 is 6.04 Å². The van der Waals surface area contributed by atoms with Gasteiger partial charge in [-0.3, -0.25) is 14.6 Å². The molecule has 2 amide bonds. The molecule has 3 aromatic rings. The van der Waals surface area contributed by atoms with E-state index in [9.17, 15) is 9.59 Å². The lowest BCUT2D eigenvalue weighted by molar-refractivity contribution is -0.118. The van der Waals surface area contributed by atoms with Crippen LogP contribution < -0.4 is 20.7 Å². The van der Waals surface area contributed by atoms with E-state index in [4.69, 9.17) is 21.1 Å². The number of rotatable bonds is 13. The van der Waals surface area contributed by atoms with Gasteiger partial charge >= 0.3 is 0 Å². The number of anilines is 2. The van der Waals surface area contributed by atoms with Crippen LogP contribution in [0.5, 0.6) is 5.75 Å². The Morgan fingerprint density at radius 2 is 1.88 bits per heavy atom. The van der Waals surface area contributed by atoms with Crippen molar-refractivity contribution in [3.63, 3.8) is 0 Å². The second kappa shape index (κ2) is 14.5. The number of methoxy groups -OCH3 is 1. The predicted molar refractivity (Wildman–Crippen MR) is 161 cm³/mol. The molecule has 10 heteroatoms. The number of pyridine rings is 1. The number of nitrogens with zero attached hydrogens (tertiary/aromatic N) is 1. The zero-order valence-corrected chi connectivity index (χ0v) is 24.7. The Morgan fingerprint density at radius 3 is 2.60 bits per heavy atom. The number of ether oxygens (including phenoxy) is 2. The first-order valence-electron chi connectivity index (χ1n) is 13.6. The molecule has 1 aliphatic carbocycles. The first-order chi connectivity index (χ1) is 19.3. The van der Waals surface area contributed by atoms with Crippen molar-refractivity contribution in [3.8, 4) is 5.75 Å². The number of aryl methyl sites for hydroxylation is 1. The zero-order chi connectivity index (χ0) is 28.5. The van der Waals surface area contributed by atoms with Gasteiger partial charge in [-0.2, -0.15) is 0 Å². The second-order valence-electron chi connectivity index (χ2n) is 10.1. The molecule has 0 spiro atoms. The number of hydrogen-bond donors (Lipinski definition) is 3. The quantitative estimate of drug-likeness (QED) is 0.195. The summed E-state index contributed by atoms with van der Waals surface area (Å²) >= 11 is 7.52. The van der Waals surface area contributed by atoms with Crippen molar-refractivity contribution in [2.45, 2.75) is 58.0 Å². The van der Waals surface area contributed by atoms with Crippen molar-refractivity contribution in [1.82, 2.24) is 10.3 Å². The maximum atomic E-state index is 13.3. The lowest BCUT2D eigenvalue weighted by Gasteiger charge is -2.21. The Morgan fingerprint density at radius 1 is 1.12 bits per heavy atom. The Kier molecular flexibility index (Phi) is 10.8. The molecule has 0 saturated heterocycles. The van der Waals surface area contributed by atoms with Gasteiger partial charge < -0.3 is 25.4 Å². The zero-order valence-electron chi connectivity index (χ0n) is 23.2. The van der Waals surface area contributed by atoms with Crippen molar-refractivity contribution in [2.75, 3.05) is 31.0 Å². The van der Waals surface area contributed by atoms with Gasteiger partial charge in [0.05, 0.1) is 33.9 Å². The Hall–Kier alpha value is -3.14. The normalized spacial score (nSPS) is 14.9. The molecule has 2 aromatic heterocycles. The summed E-state index contributed by atoms with van der Waals surface area (Å²) in [7, 11) is 1.62. The summed E-state index contributed by atoms with van der Waals surface area (Å²) in [5.41, 5.74) is 2.35. The van der Waals surface area contributed by atoms with Crippen LogP contribution in [0.3, 0.4) is 0 Å². The van der Waals surface area contributed by atoms with Gasteiger partial charge in [-0.05, 0) is 68.7 Å². The number of aromatic nitrogens is 1. The van der Waals surface area contributed by atoms with Crippen molar-refractivity contribution in [1.29, 1.82) is 0 Å². The molecule has 1 aliphatic rings. The van der Waals surface area contributed by atoms with Gasteiger partial charge in [-0.25, -0.2) is 0 Å². The number of carbonyl (C=O) groups excluding carboxylic acids is 2. The van der Waals surface area contributed by atoms with Crippen LogP contribution in [0, 0.1) is 12.8 Å². The van der Waals surface area contributed by atoms with Crippen molar-refractivity contribution in [2.24, 2.45) is 5.92 Å². The summed E-state index contributed by atoms with van der Waals surface area (Å²) in [4.78, 5) is 32.5. The van der Waals surface area contributed by atoms with Gasteiger partial charge in [0.15, 0.2) is 0 Å². The minimum Gasteiger partial charge on any atom is -0.491 e. The van der Waals surface area contributed by atoms with E-state index in [-0.39, 0.29) is 17.9 Å². The van der Waals surface area contributed by atoms with Crippen LogP contribution in [-0.4, -0.2) is 43.2 Å². The van der Waals surface area contributed by atoms with Gasteiger partial charge in [0.1, 0.15) is 18.4 Å². The summed E-state index contributed by atoms with van der Waals surface area (Å²) in [5.74, 6) is 0.656. The fourth-order valence-electron chi connectivity index (χ4n) is 4.81. The van der Waals surface area contributed by atoms with E-state index in [1.54, 1.807) is 37.6 Å². The highest BCUT2D eigenvalue weighted by atomic mass is 35.5. The van der Waals surface area contributed by atoms with Gasteiger partial charge in [-0.1, -0.05) is 37.3 Å². The van der Waals surface area contributed by atoms with Crippen LogP contribution in [0.1, 0.15) is 65.3 Å². The maximum absolute atomic E-state index is 13.3. The average molecular weight is 585 g/mol. The monoisotopic (exact) mass is 584 g/mol. The molecule has 2 unspecified atom stereocenters. The molecule has 0 bridgehead atoms. The minimum atomic E-state index is -0.630. The Bertz CT molecular complexity index is 1280. The average Bonchev–Trinajstić information content (AvgIpc) is 3.64. The molecule has 2 heterocycles. The van der Waals surface area contributed by atoms with Gasteiger partial charge in [0.25, 0.3) is 5.91 Å². The van der Waals surface area contributed by atoms with E-state index >= 15 is 0 Å². The van der Waals surface area contributed by atoms with Crippen LogP contribution in [0.2, 0.25) is 5.02 Å². The third-order valence-corrected chi connectivity index (χ3v) is 8.52. The van der Waals surface area contributed by atoms with Crippen molar-refractivity contribution < 1.29 is 19.1 Å². The van der Waals surface area contributed by atoms with Crippen LogP contribution in [0.4, 0.5) is 11.4 Å². The highest BCUT2D eigenvalue weighted by Gasteiger charge is 2.28. The SMILES string of the molecule is COCCOc1ccc(NC(=O)C(CC2CCCC2)NC(=O)c2ccc(C(C)Nc3cc(Cl)cnc3C)s2)cc1. The summed E-state index contributed by atoms with van der Waals surface area (Å²) < 4.78 is 10.6. The van der Waals surface area contributed by atoms with Gasteiger partial charge in [0.2, 0.25) is 5.91 Å². The molecule has 1 saturated carbocycles. The van der Waals surface area contributed by atoms with Crippen LogP contribution in [-0.2, 0) is 9.53 Å². The summed E-state index contributed by atoms with van der Waals surface area (Å²) in [6.07, 6.45) is 6.73. The third-order valence-electron chi connectivity index (χ3n) is 7.05. The number of nitrogens with one attached hydrogen (secondary N) is 3. The van der Waals surface area contributed by atoms with Crippen LogP contribution in [0.25, 0.3) is 0 Å². The molecular weight excluding hydrogens is 548 g/mol. The van der Waals surface area contributed by atoms with Gasteiger partial charge in [0, 0.05) is 23.9 Å². The van der Waals surface area contributed by atoms with Crippen molar-refractivity contribution >= 4 is 46.1 Å². The first-order valence-corrected chi connectivity index (χ1v) is 14.8. The number of benzene rings is 1. The maximum Gasteiger partial charge on any atom is 0.262 e. The van der Waals surface area contributed by atoms with E-state index in [1.807, 2.05) is 32.0 Å². The number of halogens is 1. The molecule has 40 heavy (non-hydrogen) atoms. The molecule has 1 fully saturated rings. The fourth-order valence-corrected chi connectivity index (χ4v) is 5.88. The highest BCUT2D eigenvalue weighted by Crippen LogP contribution is 2.31. The minimum absolute atomic E-state index is 0.0513. The van der Waals surface area contributed by atoms with E-state index in [0.29, 0.717) is 46.9 Å². The molecule has 1 aromatic carbocycles. The van der Waals surface area contributed by atoms with Gasteiger partial charge in [-0.15, -0.1) is 11.3 Å². The predicted octanol–water partition coefficient (Wildman–Crippen LogP) is 6.62. The molecule has 8 nitrogen and oxygen atoms in total. The van der Waals surface area contributed by atoms with E-state index in [2.05, 4.69) is 20.9 Å². The smallest absolute Gasteiger partial charge is 0.262 e. The molecular formula is C30H37ClN4O4S. The number of amides is 2. The van der Waals surface area contributed by atoms with E-state index in [0.717, 1.165) is 41.9 Å². The largest absolute Gasteiger partial charge is 0.491 e. The van der Waals surface area contributed by atoms with Crippen LogP contribution >= 0.6 is 22.9 Å². The highest BCUT2D eigenvalue weighted by molar-refractivity contribution is 7.14. The number of hydrogen-bond acceptors (Lipinski definition) is 7. The lowest BCUT2D eigenvalue weighted by atomic mass is 9.97. The molecule has 3 N–H and O–H groups in total. The fraction of sp³-hybridized carbons (Fsp3) is 0.433. The van der Waals surface area contributed by atoms with Crippen LogP contribution in [0.15, 0.2) is 48.7 Å². The summed E-state index contributed by atoms with van der Waals surface area (Å²) in [5, 5.41) is 9.97. The standard InChI is InChI=1S/C30H37ClN4O4S/c1-19-25(17-22(31)18-32-19)33-20(2)27-12-13-28(40-27)30(37)35-26(16-21-6-4-5-7-21)29(36)34-23-8-10-24(11-9-23)39-15-14-38-3/h8-13,17-18,20-21,26,33H,4-7,14-16H2,1-3H3,(H,34,36)(H,35,37). The Labute approximate surface area is 244 Å². The van der Waals surface area contributed by atoms with E-state index in [1.165, 1.54) is 11.3 Å². The lowest BCUT2D eigenvalue weighted by Crippen LogP contribution is -2.44. The number of carbonyl (C=O) groups is 2. The summed E-state index contributed by atoms with van der Waals surface area (Å²) in [6.45, 7) is 4.90. The third kappa shape index (κ3) is 8.43. The molecule has 0 radical (unpaired) electrons. The second-order valence-corrected chi connectivity index (χ2v) is 11.7. The summed E-state index contributed by atoms with van der Waals surface area (Å²) in [6, 6.07) is 12.1. The Balaban J connectivity index is 1.40. The van der Waals surface area contributed by atoms with Crippen molar-refractivity contribution in [3.05, 3.63) is 69.1 Å². The molecule has 0 aliphatic heterocycles. The molecule has 4 rings (SSSR count). The molecule has 214 valence electrons. The number of thiophene rings is 1. The molecule has 2 atom stereocenters. The topological polar surface area (TPSA) is 102 Å².